The monoisotopic (exact) mass is 655 g/mol. The number of anilines is 1. The molecule has 7 nitrogen and oxygen atoms in total. The molecule has 0 spiro atoms. The average Bonchev–Trinajstić information content (AvgIpc) is 3.47. The van der Waals surface area contributed by atoms with Crippen molar-refractivity contribution in [3.63, 3.8) is 0 Å². The van der Waals surface area contributed by atoms with E-state index < -0.39 is 6.29 Å². The lowest BCUT2D eigenvalue weighted by Gasteiger charge is -2.56. The highest BCUT2D eigenvalue weighted by molar-refractivity contribution is 8.01. The predicted molar refractivity (Wildman–Crippen MR) is 183 cm³/mol. The van der Waals surface area contributed by atoms with E-state index in [0.717, 1.165) is 75.0 Å². The number of fused-ring (bicyclic) bond motifs is 1. The number of nitrogens with one attached hydrogen (secondary N) is 2. The van der Waals surface area contributed by atoms with Crippen molar-refractivity contribution in [3.05, 3.63) is 89.5 Å². The number of benzene rings is 3. The summed E-state index contributed by atoms with van der Waals surface area (Å²) in [5.41, 5.74) is 4.49. The summed E-state index contributed by atoms with van der Waals surface area (Å²) in [5, 5.41) is 16.2. The van der Waals surface area contributed by atoms with Crippen LogP contribution in [0.3, 0.4) is 0 Å². The van der Waals surface area contributed by atoms with E-state index in [1.807, 2.05) is 60.7 Å². The number of thiazole rings is 1. The molecule has 1 saturated heterocycles. The molecule has 2 amide bonds. The molecule has 240 valence electrons. The van der Waals surface area contributed by atoms with E-state index in [1.165, 1.54) is 24.0 Å². The van der Waals surface area contributed by atoms with E-state index >= 15 is 0 Å². The number of aliphatic hydroxyl groups excluding tert-OH is 1. The van der Waals surface area contributed by atoms with E-state index in [9.17, 15) is 9.90 Å². The predicted octanol–water partition coefficient (Wildman–Crippen LogP) is 8.46. The number of aromatic nitrogens is 1. The second-order valence-corrected chi connectivity index (χ2v) is 16.3. The lowest BCUT2D eigenvalue weighted by Crippen LogP contribution is -2.60. The summed E-state index contributed by atoms with van der Waals surface area (Å²) in [6, 6.07) is 24.0. The van der Waals surface area contributed by atoms with Gasteiger partial charge in [0.1, 0.15) is 0 Å². The summed E-state index contributed by atoms with van der Waals surface area (Å²) < 4.78 is 15.6. The zero-order chi connectivity index (χ0) is 31.3. The van der Waals surface area contributed by atoms with Crippen LogP contribution in [-0.2, 0) is 16.1 Å². The third-order valence-corrected chi connectivity index (χ3v) is 12.9. The quantitative estimate of drug-likeness (QED) is 0.165. The van der Waals surface area contributed by atoms with Gasteiger partial charge in [0, 0.05) is 28.5 Å². The zero-order valence-electron chi connectivity index (χ0n) is 26.1. The number of nitrogens with zero attached hydrogens (tertiary/aromatic N) is 1. The van der Waals surface area contributed by atoms with Gasteiger partial charge in [-0.2, -0.15) is 0 Å². The first kappa shape index (κ1) is 30.4. The van der Waals surface area contributed by atoms with E-state index in [1.54, 1.807) is 23.1 Å². The fourth-order valence-corrected chi connectivity index (χ4v) is 11.1. The van der Waals surface area contributed by atoms with Crippen molar-refractivity contribution in [2.75, 3.05) is 11.1 Å². The van der Waals surface area contributed by atoms with Gasteiger partial charge < -0.3 is 25.2 Å². The molecule has 4 aromatic rings. The largest absolute Gasteiger partial charge is 0.392 e. The molecule has 0 radical (unpaired) electrons. The Morgan fingerprint density at radius 1 is 0.957 bits per heavy atom. The first-order chi connectivity index (χ1) is 22.4. The van der Waals surface area contributed by atoms with Gasteiger partial charge >= 0.3 is 6.03 Å². The van der Waals surface area contributed by atoms with Crippen LogP contribution in [0.5, 0.6) is 0 Å². The second kappa shape index (κ2) is 12.6. The summed E-state index contributed by atoms with van der Waals surface area (Å²) in [6.45, 7) is 2.18. The van der Waals surface area contributed by atoms with Crippen LogP contribution < -0.4 is 10.6 Å². The summed E-state index contributed by atoms with van der Waals surface area (Å²) in [4.78, 5) is 18.2. The Hall–Kier alpha value is -2.95. The van der Waals surface area contributed by atoms with Crippen LogP contribution in [0.25, 0.3) is 10.2 Å². The van der Waals surface area contributed by atoms with Gasteiger partial charge in [-0.15, -0.1) is 11.3 Å². The molecule has 4 aliphatic carbocycles. The zero-order valence-corrected chi connectivity index (χ0v) is 27.7. The minimum absolute atomic E-state index is 0.00472. The molecule has 4 saturated carbocycles. The standard InChI is InChI=1S/C37H41N3O4S2/c1-22-31(21-45-36-39-30-7-2-3-8-32(30)46-36)43-34(44-33(22)27-11-9-23(20-41)10-12-27)28-5-4-6-29(16-28)38-35(42)40-37-17-24-13-25(18-37)15-26(14-24)19-37/h2-12,16,22,24-26,31,33-34,41H,13-15,17-21H2,1H3,(H2,38,40,42)/t22-,24?,25?,26?,31+,33+,34+,37?/m1/s1. The summed E-state index contributed by atoms with van der Waals surface area (Å²) in [5.74, 6) is 3.12. The number of hydrogen-bond acceptors (Lipinski definition) is 7. The molecule has 3 aromatic carbocycles. The van der Waals surface area contributed by atoms with Crippen LogP contribution in [0, 0.1) is 23.7 Å². The maximum Gasteiger partial charge on any atom is 0.319 e. The molecule has 1 aromatic heterocycles. The number of ether oxygens (including phenoxy) is 2. The van der Waals surface area contributed by atoms with Gasteiger partial charge in [0.05, 0.1) is 29.0 Å². The maximum absolute atomic E-state index is 13.3. The molecule has 9 heteroatoms. The molecule has 1 aliphatic heterocycles. The highest BCUT2D eigenvalue weighted by Crippen LogP contribution is 2.55. The molecular weight excluding hydrogens is 615 g/mol. The van der Waals surface area contributed by atoms with Crippen molar-refractivity contribution in [1.29, 1.82) is 0 Å². The van der Waals surface area contributed by atoms with Gasteiger partial charge in [0.2, 0.25) is 0 Å². The summed E-state index contributed by atoms with van der Waals surface area (Å²) in [6.07, 6.45) is 6.47. The lowest BCUT2D eigenvalue weighted by atomic mass is 9.53. The molecule has 4 atom stereocenters. The molecule has 9 rings (SSSR count). The first-order valence-electron chi connectivity index (χ1n) is 16.6. The van der Waals surface area contributed by atoms with Crippen molar-refractivity contribution in [1.82, 2.24) is 10.3 Å². The maximum atomic E-state index is 13.3. The third-order valence-electron chi connectivity index (χ3n) is 10.6. The van der Waals surface area contributed by atoms with Crippen molar-refractivity contribution in [2.24, 2.45) is 23.7 Å². The Labute approximate surface area is 278 Å². The summed E-state index contributed by atoms with van der Waals surface area (Å²) >= 11 is 3.43. The number of para-hydroxylation sites is 1. The molecule has 46 heavy (non-hydrogen) atoms. The molecule has 4 bridgehead atoms. The highest BCUT2D eigenvalue weighted by atomic mass is 32.2. The Morgan fingerprint density at radius 3 is 2.41 bits per heavy atom. The fourth-order valence-electron chi connectivity index (χ4n) is 8.81. The fraction of sp³-hybridized carbons (Fsp3) is 0.459. The van der Waals surface area contributed by atoms with E-state index in [0.29, 0.717) is 0 Å². The van der Waals surface area contributed by atoms with Crippen LogP contribution in [0.4, 0.5) is 10.5 Å². The van der Waals surface area contributed by atoms with Crippen molar-refractivity contribution >= 4 is 45.0 Å². The molecule has 5 fully saturated rings. The number of amides is 2. The minimum Gasteiger partial charge on any atom is -0.392 e. The van der Waals surface area contributed by atoms with Crippen LogP contribution in [0.1, 0.15) is 74.5 Å². The van der Waals surface area contributed by atoms with Crippen LogP contribution in [-0.4, -0.2) is 33.5 Å². The van der Waals surface area contributed by atoms with Crippen LogP contribution in [0.2, 0.25) is 0 Å². The minimum atomic E-state index is -0.604. The van der Waals surface area contributed by atoms with Crippen molar-refractivity contribution in [2.45, 2.75) is 80.4 Å². The number of rotatable bonds is 8. The normalized spacial score (nSPS) is 31.7. The Bertz CT molecular complexity index is 1640. The molecule has 2 heterocycles. The summed E-state index contributed by atoms with van der Waals surface area (Å²) in [7, 11) is 0. The Morgan fingerprint density at radius 2 is 1.70 bits per heavy atom. The second-order valence-electron chi connectivity index (χ2n) is 14.0. The van der Waals surface area contributed by atoms with Gasteiger partial charge in [-0.3, -0.25) is 0 Å². The van der Waals surface area contributed by atoms with Crippen molar-refractivity contribution in [3.8, 4) is 0 Å². The number of aliphatic hydroxyl groups is 1. The van der Waals surface area contributed by atoms with Crippen LogP contribution in [0.15, 0.2) is 77.1 Å². The van der Waals surface area contributed by atoms with Gasteiger partial charge in [-0.1, -0.05) is 67.2 Å². The number of urea groups is 1. The Balaban J connectivity index is 0.997. The smallest absolute Gasteiger partial charge is 0.319 e. The molecule has 5 aliphatic rings. The van der Waals surface area contributed by atoms with Gasteiger partial charge in [-0.05, 0) is 91.7 Å². The Kier molecular flexibility index (Phi) is 8.31. The number of hydrogen-bond donors (Lipinski definition) is 3. The third kappa shape index (κ3) is 6.20. The van der Waals surface area contributed by atoms with Gasteiger partial charge in [0.15, 0.2) is 10.6 Å². The molecule has 3 N–H and O–H groups in total. The van der Waals surface area contributed by atoms with Crippen LogP contribution >= 0.6 is 23.1 Å². The van der Waals surface area contributed by atoms with E-state index in [4.69, 9.17) is 14.5 Å². The lowest BCUT2D eigenvalue weighted by molar-refractivity contribution is -0.268. The number of carbonyl (C=O) groups is 1. The van der Waals surface area contributed by atoms with E-state index in [2.05, 4.69) is 29.7 Å². The van der Waals surface area contributed by atoms with Gasteiger partial charge in [0.25, 0.3) is 0 Å². The highest BCUT2D eigenvalue weighted by Gasteiger charge is 2.51. The van der Waals surface area contributed by atoms with Gasteiger partial charge in [-0.25, -0.2) is 9.78 Å². The first-order valence-corrected chi connectivity index (χ1v) is 18.4. The van der Waals surface area contributed by atoms with Crippen molar-refractivity contribution < 1.29 is 19.4 Å². The van der Waals surface area contributed by atoms with E-state index in [-0.39, 0.29) is 36.3 Å². The SMILES string of the molecule is C[C@@H]1[C@H](CSc2nc3ccccc3s2)O[C@H](c2cccc(NC(=O)NC34CC5CC(CC(C5)C3)C4)c2)O[C@@H]1c1ccc(CO)cc1. The number of carbonyl (C=O) groups excluding carboxylic acids is 1. The topological polar surface area (TPSA) is 92.7 Å². The molecular formula is C37H41N3O4S2. The average molecular weight is 656 g/mol. The molecule has 0 unspecified atom stereocenters. The number of thioether (sulfide) groups is 1.